The second-order valence-corrected chi connectivity index (χ2v) is 6.58. The van der Waals surface area contributed by atoms with E-state index in [2.05, 4.69) is 0 Å². The molecule has 0 heterocycles. The van der Waals surface area contributed by atoms with E-state index in [0.717, 1.165) is 0 Å². The molecule has 0 unspecified atom stereocenters. The Morgan fingerprint density at radius 1 is 1.17 bits per heavy atom. The van der Waals surface area contributed by atoms with Crippen molar-refractivity contribution in [3.63, 3.8) is 0 Å². The normalized spacial score (nSPS) is 11.6. The van der Waals surface area contributed by atoms with Crippen molar-refractivity contribution in [2.45, 2.75) is 11.8 Å². The van der Waals surface area contributed by atoms with Gasteiger partial charge in [0, 0.05) is 17.3 Å². The van der Waals surface area contributed by atoms with E-state index in [0.29, 0.717) is 13.2 Å². The summed E-state index contributed by atoms with van der Waals surface area (Å²) in [4.78, 5) is -0.170. The molecule has 8 heteroatoms. The molecular formula is C10H11Cl3O4S. The van der Waals surface area contributed by atoms with Crippen molar-refractivity contribution in [1.82, 2.24) is 0 Å². The van der Waals surface area contributed by atoms with Crippen LogP contribution in [0, 0.1) is 0 Å². The highest BCUT2D eigenvalue weighted by molar-refractivity contribution is 8.13. The lowest BCUT2D eigenvalue weighted by Crippen LogP contribution is -2.07. The van der Waals surface area contributed by atoms with E-state index in [1.807, 2.05) is 6.92 Å². The Labute approximate surface area is 120 Å². The van der Waals surface area contributed by atoms with Crippen LogP contribution in [0.5, 0.6) is 5.75 Å². The lowest BCUT2D eigenvalue weighted by Gasteiger charge is -2.10. The first-order valence-corrected chi connectivity index (χ1v) is 8.07. The van der Waals surface area contributed by atoms with E-state index in [-0.39, 0.29) is 27.3 Å². The zero-order chi connectivity index (χ0) is 13.8. The molecule has 0 radical (unpaired) electrons. The Morgan fingerprint density at radius 3 is 2.17 bits per heavy atom. The maximum absolute atomic E-state index is 11.1. The van der Waals surface area contributed by atoms with Crippen molar-refractivity contribution in [2.24, 2.45) is 0 Å². The quantitative estimate of drug-likeness (QED) is 0.592. The number of halogens is 3. The number of hydrogen-bond donors (Lipinski definition) is 0. The zero-order valence-electron chi connectivity index (χ0n) is 9.45. The predicted molar refractivity (Wildman–Crippen MR) is 71.5 cm³/mol. The summed E-state index contributed by atoms with van der Waals surface area (Å²) >= 11 is 11.8. The predicted octanol–water partition coefficient (Wildman–Crippen LogP) is 3.34. The molecule has 0 aliphatic carbocycles. The fourth-order valence-corrected chi connectivity index (χ4v) is 2.67. The molecule has 1 aromatic carbocycles. The molecule has 0 N–H and O–H groups in total. The molecule has 0 amide bonds. The van der Waals surface area contributed by atoms with Gasteiger partial charge in [0.1, 0.15) is 6.61 Å². The summed E-state index contributed by atoms with van der Waals surface area (Å²) in [6, 6.07) is 2.37. The summed E-state index contributed by atoms with van der Waals surface area (Å²) < 4.78 is 32.7. The summed E-state index contributed by atoms with van der Waals surface area (Å²) in [7, 11) is 1.32. The Bertz CT molecular complexity index is 493. The van der Waals surface area contributed by atoms with Crippen molar-refractivity contribution in [3.05, 3.63) is 22.2 Å². The van der Waals surface area contributed by atoms with Crippen LogP contribution >= 0.6 is 33.9 Å². The van der Waals surface area contributed by atoms with Crippen LogP contribution in [0.1, 0.15) is 6.92 Å². The summed E-state index contributed by atoms with van der Waals surface area (Å²) in [5, 5.41) is 0.163. The minimum Gasteiger partial charge on any atom is -0.488 e. The molecule has 0 saturated carbocycles. The van der Waals surface area contributed by atoms with E-state index < -0.39 is 9.05 Å². The third kappa shape index (κ3) is 4.48. The fourth-order valence-electron chi connectivity index (χ4n) is 1.16. The molecule has 1 rings (SSSR count). The maximum atomic E-state index is 11.1. The molecule has 0 atom stereocenters. The highest BCUT2D eigenvalue weighted by atomic mass is 35.7. The van der Waals surface area contributed by atoms with E-state index in [4.69, 9.17) is 43.4 Å². The van der Waals surface area contributed by atoms with Crippen LogP contribution in [0.4, 0.5) is 0 Å². The second kappa shape index (κ2) is 6.82. The van der Waals surface area contributed by atoms with Gasteiger partial charge in [-0.3, -0.25) is 0 Å². The molecule has 0 aliphatic rings. The van der Waals surface area contributed by atoms with Crippen LogP contribution in [0.15, 0.2) is 17.0 Å². The van der Waals surface area contributed by atoms with Crippen molar-refractivity contribution in [1.29, 1.82) is 0 Å². The van der Waals surface area contributed by atoms with Crippen molar-refractivity contribution in [3.8, 4) is 5.75 Å². The highest BCUT2D eigenvalue weighted by Crippen LogP contribution is 2.36. The number of ether oxygens (including phenoxy) is 2. The molecule has 18 heavy (non-hydrogen) atoms. The monoisotopic (exact) mass is 332 g/mol. The molecule has 0 saturated heterocycles. The van der Waals surface area contributed by atoms with Crippen molar-refractivity contribution in [2.75, 3.05) is 19.8 Å². The Balaban J connectivity index is 2.88. The zero-order valence-corrected chi connectivity index (χ0v) is 12.5. The van der Waals surface area contributed by atoms with Crippen molar-refractivity contribution >= 4 is 42.9 Å². The van der Waals surface area contributed by atoms with Gasteiger partial charge in [0.15, 0.2) is 5.75 Å². The Hall–Kier alpha value is -0.200. The van der Waals surface area contributed by atoms with E-state index in [9.17, 15) is 8.42 Å². The highest BCUT2D eigenvalue weighted by Gasteiger charge is 2.16. The van der Waals surface area contributed by atoms with Gasteiger partial charge >= 0.3 is 0 Å². The third-order valence-electron chi connectivity index (χ3n) is 1.93. The van der Waals surface area contributed by atoms with E-state index in [1.54, 1.807) is 0 Å². The Kier molecular flexibility index (Phi) is 6.01. The fraction of sp³-hybridized carbons (Fsp3) is 0.400. The molecule has 0 aliphatic heterocycles. The maximum Gasteiger partial charge on any atom is 0.261 e. The number of rotatable bonds is 6. The standard InChI is InChI=1S/C10H11Cl3O4S/c1-2-16-3-4-17-10-8(11)5-7(6-9(10)12)18(13,14)15/h5-6H,2-4H2,1H3. The van der Waals surface area contributed by atoms with Gasteiger partial charge in [0.2, 0.25) is 0 Å². The summed E-state index contributed by atoms with van der Waals surface area (Å²) in [5.41, 5.74) is 0. The van der Waals surface area contributed by atoms with Crippen LogP contribution in [0.2, 0.25) is 10.0 Å². The lowest BCUT2D eigenvalue weighted by molar-refractivity contribution is 0.110. The van der Waals surface area contributed by atoms with Gasteiger partial charge in [0.05, 0.1) is 21.5 Å². The summed E-state index contributed by atoms with van der Waals surface area (Å²) in [6.07, 6.45) is 0. The molecule has 0 aromatic heterocycles. The van der Waals surface area contributed by atoms with Crippen LogP contribution in [0.3, 0.4) is 0 Å². The van der Waals surface area contributed by atoms with Gasteiger partial charge < -0.3 is 9.47 Å². The van der Waals surface area contributed by atoms with Crippen LogP contribution in [-0.4, -0.2) is 28.2 Å². The van der Waals surface area contributed by atoms with Gasteiger partial charge in [0.25, 0.3) is 9.05 Å². The first kappa shape index (κ1) is 15.9. The molecule has 102 valence electrons. The largest absolute Gasteiger partial charge is 0.488 e. The van der Waals surface area contributed by atoms with Crippen LogP contribution < -0.4 is 4.74 Å². The van der Waals surface area contributed by atoms with Gasteiger partial charge in [-0.1, -0.05) is 23.2 Å². The van der Waals surface area contributed by atoms with Crippen LogP contribution in [-0.2, 0) is 13.8 Å². The molecule has 0 bridgehead atoms. The minimum absolute atomic E-state index is 0.0817. The average molecular weight is 334 g/mol. The Morgan fingerprint density at radius 2 is 1.72 bits per heavy atom. The van der Waals surface area contributed by atoms with E-state index in [1.165, 1.54) is 12.1 Å². The van der Waals surface area contributed by atoms with Gasteiger partial charge in [-0.25, -0.2) is 8.42 Å². The van der Waals surface area contributed by atoms with Crippen molar-refractivity contribution < 1.29 is 17.9 Å². The molecular weight excluding hydrogens is 323 g/mol. The molecule has 0 fully saturated rings. The number of hydrogen-bond acceptors (Lipinski definition) is 4. The summed E-state index contributed by atoms with van der Waals surface area (Å²) in [5.74, 6) is 0.210. The smallest absolute Gasteiger partial charge is 0.261 e. The topological polar surface area (TPSA) is 52.6 Å². The second-order valence-electron chi connectivity index (χ2n) is 3.20. The summed E-state index contributed by atoms with van der Waals surface area (Å²) in [6.45, 7) is 3.09. The van der Waals surface area contributed by atoms with Gasteiger partial charge in [-0.05, 0) is 19.1 Å². The average Bonchev–Trinajstić information content (AvgIpc) is 2.25. The SMILES string of the molecule is CCOCCOc1c(Cl)cc(S(=O)(=O)Cl)cc1Cl. The lowest BCUT2D eigenvalue weighted by atomic mass is 10.3. The van der Waals surface area contributed by atoms with Gasteiger partial charge in [-0.2, -0.15) is 0 Å². The molecule has 1 aromatic rings. The van der Waals surface area contributed by atoms with Gasteiger partial charge in [-0.15, -0.1) is 0 Å². The van der Waals surface area contributed by atoms with Crippen LogP contribution in [0.25, 0.3) is 0 Å². The first-order chi connectivity index (χ1) is 8.36. The minimum atomic E-state index is -3.87. The van der Waals surface area contributed by atoms with E-state index >= 15 is 0 Å². The number of benzene rings is 1. The molecule has 0 spiro atoms. The first-order valence-electron chi connectivity index (χ1n) is 5.00. The third-order valence-corrected chi connectivity index (χ3v) is 3.83. The molecule has 4 nitrogen and oxygen atoms in total.